The lowest BCUT2D eigenvalue weighted by Gasteiger charge is -2.12. The monoisotopic (exact) mass is 539 g/mol. The molecule has 0 bridgehead atoms. The van der Waals surface area contributed by atoms with E-state index in [2.05, 4.69) is 20.5 Å². The Labute approximate surface area is 212 Å². The van der Waals surface area contributed by atoms with Crippen molar-refractivity contribution >= 4 is 50.7 Å². The molecule has 2 amide bonds. The molecular weight excluding hydrogens is 519 g/mol. The summed E-state index contributed by atoms with van der Waals surface area (Å²) in [5.74, 6) is -1.39. The summed E-state index contributed by atoms with van der Waals surface area (Å²) in [5.41, 5.74) is 6.06. The Balaban J connectivity index is 1.83. The Kier molecular flexibility index (Phi) is 6.80. The van der Waals surface area contributed by atoms with E-state index < -0.39 is 23.7 Å². The average molecular weight is 540 g/mol. The van der Waals surface area contributed by atoms with Gasteiger partial charge in [0.25, 0.3) is 5.91 Å². The number of nitrogens with one attached hydrogen (secondary N) is 1. The lowest BCUT2D eigenvalue weighted by Crippen LogP contribution is -2.18. The van der Waals surface area contributed by atoms with Gasteiger partial charge in [0.1, 0.15) is 15.4 Å². The van der Waals surface area contributed by atoms with Crippen LogP contribution in [0.4, 0.5) is 18.9 Å². The smallest absolute Gasteiger partial charge is 0.365 e. The molecule has 0 aliphatic heterocycles. The second kappa shape index (κ2) is 9.54. The van der Waals surface area contributed by atoms with Crippen molar-refractivity contribution in [3.8, 4) is 11.1 Å². The highest BCUT2D eigenvalue weighted by Crippen LogP contribution is 2.44. The molecule has 0 unspecified atom stereocenters. The van der Waals surface area contributed by atoms with Crippen molar-refractivity contribution in [3.63, 3.8) is 0 Å². The third-order valence-electron chi connectivity index (χ3n) is 5.46. The summed E-state index contributed by atoms with van der Waals surface area (Å²) < 4.78 is 44.2. The van der Waals surface area contributed by atoms with Gasteiger partial charge in [0.05, 0.1) is 22.1 Å². The van der Waals surface area contributed by atoms with E-state index in [4.69, 9.17) is 17.3 Å². The molecule has 0 aliphatic carbocycles. The molecule has 0 saturated heterocycles. The normalized spacial score (nSPS) is 11.9. The first-order valence-electron chi connectivity index (χ1n) is 10.8. The van der Waals surface area contributed by atoms with Gasteiger partial charge in [-0.05, 0) is 32.4 Å². The number of hydrogen-bond acceptors (Lipinski definition) is 6. The van der Waals surface area contributed by atoms with Crippen LogP contribution in [0.3, 0.4) is 0 Å². The van der Waals surface area contributed by atoms with Crippen molar-refractivity contribution in [2.45, 2.75) is 46.5 Å². The van der Waals surface area contributed by atoms with E-state index in [1.165, 1.54) is 4.68 Å². The standard InChI is InChI=1S/C22H21ClF3N7O2S/c1-4-32-8-13(10(2)30-32)12-7-15(22(24,25)26)28-21-17(12)18(19(36-21)20(27)35)29-16(34)5-6-33-9-14(23)11(3)31-33/h7-9H,4-6H2,1-3H3,(H2,27,35)(H,29,34). The van der Waals surface area contributed by atoms with Crippen LogP contribution in [0.2, 0.25) is 5.02 Å². The summed E-state index contributed by atoms with van der Waals surface area (Å²) in [6.07, 6.45) is -1.58. The SMILES string of the molecule is CCn1cc(-c2cc(C(F)(F)F)nc3sc(C(N)=O)c(NC(=O)CCn4cc(Cl)c(C)n4)c23)c(C)n1. The number of rotatable bonds is 7. The van der Waals surface area contributed by atoms with Gasteiger partial charge in [0.2, 0.25) is 5.91 Å². The maximum absolute atomic E-state index is 13.7. The summed E-state index contributed by atoms with van der Waals surface area (Å²) in [7, 11) is 0. The number of carbonyl (C=O) groups is 2. The van der Waals surface area contributed by atoms with Crippen LogP contribution in [0.1, 0.15) is 40.1 Å². The maximum atomic E-state index is 13.7. The number of halogens is 4. The van der Waals surface area contributed by atoms with Gasteiger partial charge in [0, 0.05) is 42.9 Å². The zero-order valence-electron chi connectivity index (χ0n) is 19.4. The molecule has 0 spiro atoms. The highest BCUT2D eigenvalue weighted by molar-refractivity contribution is 7.21. The number of anilines is 1. The zero-order valence-corrected chi connectivity index (χ0v) is 21.0. The van der Waals surface area contributed by atoms with Crippen LogP contribution in [-0.4, -0.2) is 36.4 Å². The van der Waals surface area contributed by atoms with Crippen LogP contribution in [0.5, 0.6) is 0 Å². The predicted octanol–water partition coefficient (Wildman–Crippen LogP) is 4.79. The minimum atomic E-state index is -4.74. The average Bonchev–Trinajstić information content (AvgIpc) is 3.46. The second-order valence-electron chi connectivity index (χ2n) is 8.01. The van der Waals surface area contributed by atoms with Crippen LogP contribution >= 0.6 is 22.9 Å². The van der Waals surface area contributed by atoms with Crippen molar-refractivity contribution in [1.29, 1.82) is 0 Å². The summed E-state index contributed by atoms with van der Waals surface area (Å²) in [5, 5.41) is 11.8. The lowest BCUT2D eigenvalue weighted by atomic mass is 10.0. The second-order valence-corrected chi connectivity index (χ2v) is 9.42. The Morgan fingerprint density at radius 2 is 1.83 bits per heavy atom. The molecule has 0 fully saturated rings. The van der Waals surface area contributed by atoms with Crippen molar-refractivity contribution in [2.24, 2.45) is 5.73 Å². The van der Waals surface area contributed by atoms with Crippen molar-refractivity contribution in [1.82, 2.24) is 24.5 Å². The van der Waals surface area contributed by atoms with Crippen LogP contribution in [0.15, 0.2) is 18.5 Å². The fourth-order valence-corrected chi connectivity index (χ4v) is 4.88. The molecule has 3 N–H and O–H groups in total. The fourth-order valence-electron chi connectivity index (χ4n) is 3.72. The van der Waals surface area contributed by atoms with E-state index in [0.717, 1.165) is 6.07 Å². The summed E-state index contributed by atoms with van der Waals surface area (Å²) >= 11 is 6.69. The van der Waals surface area contributed by atoms with Crippen molar-refractivity contribution < 1.29 is 22.8 Å². The van der Waals surface area contributed by atoms with E-state index in [1.54, 1.807) is 30.9 Å². The minimum Gasteiger partial charge on any atom is -0.365 e. The van der Waals surface area contributed by atoms with Gasteiger partial charge in [0.15, 0.2) is 0 Å². The number of carbonyl (C=O) groups excluding carboxylic acids is 2. The van der Waals surface area contributed by atoms with Gasteiger partial charge in [-0.2, -0.15) is 23.4 Å². The van der Waals surface area contributed by atoms with Gasteiger partial charge in [-0.25, -0.2) is 4.98 Å². The van der Waals surface area contributed by atoms with Crippen LogP contribution in [0.25, 0.3) is 21.3 Å². The highest BCUT2D eigenvalue weighted by Gasteiger charge is 2.35. The van der Waals surface area contributed by atoms with E-state index >= 15 is 0 Å². The van der Waals surface area contributed by atoms with Gasteiger partial charge < -0.3 is 11.1 Å². The Morgan fingerprint density at radius 3 is 2.39 bits per heavy atom. The van der Waals surface area contributed by atoms with Crippen molar-refractivity contribution in [3.05, 3.63) is 45.4 Å². The van der Waals surface area contributed by atoms with E-state index in [-0.39, 0.29) is 39.3 Å². The third kappa shape index (κ3) is 4.93. The Hall–Kier alpha value is -3.45. The molecule has 0 saturated carbocycles. The highest BCUT2D eigenvalue weighted by atomic mass is 35.5. The first-order chi connectivity index (χ1) is 16.9. The molecule has 4 aromatic heterocycles. The number of nitrogens with zero attached hydrogens (tertiary/aromatic N) is 5. The minimum absolute atomic E-state index is 0.0158. The Bertz CT molecular complexity index is 1470. The Morgan fingerprint density at radius 1 is 1.14 bits per heavy atom. The van der Waals surface area contributed by atoms with Gasteiger partial charge in [-0.3, -0.25) is 19.0 Å². The number of amides is 2. The van der Waals surface area contributed by atoms with Crippen molar-refractivity contribution in [2.75, 3.05) is 5.32 Å². The molecular formula is C22H21ClF3N7O2S. The van der Waals surface area contributed by atoms with Crippen LogP contribution in [-0.2, 0) is 24.1 Å². The molecule has 4 rings (SSSR count). The molecule has 0 atom stereocenters. The first-order valence-corrected chi connectivity index (χ1v) is 12.0. The molecule has 0 aliphatic rings. The molecule has 4 aromatic rings. The third-order valence-corrected chi connectivity index (χ3v) is 6.92. The van der Waals surface area contributed by atoms with E-state index in [9.17, 15) is 22.8 Å². The summed E-state index contributed by atoms with van der Waals surface area (Å²) in [6, 6.07) is 0.897. The van der Waals surface area contributed by atoms with Gasteiger partial charge in [-0.1, -0.05) is 11.6 Å². The number of alkyl halides is 3. The zero-order chi connectivity index (χ0) is 26.4. The molecule has 190 valence electrons. The number of aryl methyl sites for hydroxylation is 4. The molecule has 9 nitrogen and oxygen atoms in total. The topological polar surface area (TPSA) is 121 Å². The van der Waals surface area contributed by atoms with Crippen LogP contribution < -0.4 is 11.1 Å². The number of hydrogen-bond donors (Lipinski definition) is 2. The summed E-state index contributed by atoms with van der Waals surface area (Å²) in [4.78, 5) is 28.6. The largest absolute Gasteiger partial charge is 0.433 e. The maximum Gasteiger partial charge on any atom is 0.433 e. The number of nitrogens with two attached hydrogens (primary N) is 1. The number of thiophene rings is 1. The van der Waals surface area contributed by atoms with Crippen LogP contribution in [0, 0.1) is 13.8 Å². The quantitative estimate of drug-likeness (QED) is 0.350. The predicted molar refractivity (Wildman–Crippen MR) is 130 cm³/mol. The van der Waals surface area contributed by atoms with Gasteiger partial charge >= 0.3 is 6.18 Å². The molecule has 14 heteroatoms. The number of fused-ring (bicyclic) bond motifs is 1. The van der Waals surface area contributed by atoms with E-state index in [1.807, 2.05) is 6.92 Å². The number of aromatic nitrogens is 5. The molecule has 4 heterocycles. The molecule has 0 radical (unpaired) electrons. The molecule has 0 aromatic carbocycles. The fraction of sp³-hybridized carbons (Fsp3) is 0.318. The lowest BCUT2D eigenvalue weighted by molar-refractivity contribution is -0.140. The van der Waals surface area contributed by atoms with E-state index in [0.29, 0.717) is 39.9 Å². The number of primary amides is 1. The van der Waals surface area contributed by atoms with Gasteiger partial charge in [-0.15, -0.1) is 11.3 Å². The number of pyridine rings is 1. The molecule has 36 heavy (non-hydrogen) atoms. The summed E-state index contributed by atoms with van der Waals surface area (Å²) in [6.45, 7) is 5.92. The first kappa shape index (κ1) is 25.6.